The highest BCUT2D eigenvalue weighted by molar-refractivity contribution is 5.94. The van der Waals surface area contributed by atoms with E-state index in [4.69, 9.17) is 9.47 Å². The third kappa shape index (κ3) is 5.72. The number of ether oxygens (including phenoxy) is 2. The first-order valence-corrected chi connectivity index (χ1v) is 9.42. The van der Waals surface area contributed by atoms with Crippen LogP contribution >= 0.6 is 0 Å². The molecule has 2 N–H and O–H groups in total. The van der Waals surface area contributed by atoms with E-state index in [0.29, 0.717) is 24.5 Å². The number of hydrogen-bond donors (Lipinski definition) is 2. The molecule has 2 aromatic carbocycles. The van der Waals surface area contributed by atoms with E-state index in [2.05, 4.69) is 21.7 Å². The zero-order valence-corrected chi connectivity index (χ0v) is 16.6. The molecular weight excluding hydrogens is 366 g/mol. The van der Waals surface area contributed by atoms with Crippen molar-refractivity contribution in [3.8, 4) is 11.5 Å². The minimum Gasteiger partial charge on any atom is -0.497 e. The van der Waals surface area contributed by atoms with Crippen molar-refractivity contribution >= 4 is 11.7 Å². The van der Waals surface area contributed by atoms with Crippen LogP contribution in [0.4, 0.5) is 5.82 Å². The van der Waals surface area contributed by atoms with Crippen molar-refractivity contribution in [1.82, 2.24) is 10.3 Å². The first kappa shape index (κ1) is 20.2. The fraction of sp³-hybridized carbons (Fsp3) is 0.217. The van der Waals surface area contributed by atoms with Gasteiger partial charge in [0.15, 0.2) is 0 Å². The number of aromatic nitrogens is 1. The lowest BCUT2D eigenvalue weighted by molar-refractivity contribution is 0.0950. The Kier molecular flexibility index (Phi) is 7.05. The summed E-state index contributed by atoms with van der Waals surface area (Å²) in [5.41, 5.74) is 2.65. The maximum Gasteiger partial charge on any atom is 0.251 e. The molecule has 0 atom stereocenters. The molecule has 29 heavy (non-hydrogen) atoms. The molecule has 6 heteroatoms. The molecule has 0 saturated heterocycles. The number of carbonyl (C=O) groups is 1. The molecule has 0 aliphatic rings. The molecule has 150 valence electrons. The predicted molar refractivity (Wildman–Crippen MR) is 114 cm³/mol. The zero-order valence-electron chi connectivity index (χ0n) is 16.6. The second-order valence-electron chi connectivity index (χ2n) is 6.45. The summed E-state index contributed by atoms with van der Waals surface area (Å²) in [5, 5.41) is 6.19. The van der Waals surface area contributed by atoms with Crippen molar-refractivity contribution in [2.75, 3.05) is 26.1 Å². The van der Waals surface area contributed by atoms with Gasteiger partial charge in [0.1, 0.15) is 17.3 Å². The van der Waals surface area contributed by atoms with E-state index in [9.17, 15) is 4.79 Å². The maximum absolute atomic E-state index is 12.5. The molecule has 0 bridgehead atoms. The zero-order chi connectivity index (χ0) is 20.5. The van der Waals surface area contributed by atoms with Gasteiger partial charge in [-0.05, 0) is 42.3 Å². The van der Waals surface area contributed by atoms with Gasteiger partial charge >= 0.3 is 0 Å². The molecule has 0 saturated carbocycles. The Balaban J connectivity index is 1.55. The number of nitrogens with one attached hydrogen (secondary N) is 2. The van der Waals surface area contributed by atoms with E-state index in [0.717, 1.165) is 23.5 Å². The lowest BCUT2D eigenvalue weighted by Gasteiger charge is -2.11. The fourth-order valence-electron chi connectivity index (χ4n) is 2.96. The predicted octanol–water partition coefficient (Wildman–Crippen LogP) is 3.68. The molecule has 3 rings (SSSR count). The van der Waals surface area contributed by atoms with Crippen molar-refractivity contribution in [3.05, 3.63) is 83.6 Å². The van der Waals surface area contributed by atoms with Gasteiger partial charge in [-0.1, -0.05) is 30.3 Å². The summed E-state index contributed by atoms with van der Waals surface area (Å²) < 4.78 is 10.6. The summed E-state index contributed by atoms with van der Waals surface area (Å²) in [5.74, 6) is 2.10. The van der Waals surface area contributed by atoms with Crippen LogP contribution in [0.3, 0.4) is 0 Å². The summed E-state index contributed by atoms with van der Waals surface area (Å²) in [7, 11) is 3.28. The van der Waals surface area contributed by atoms with Gasteiger partial charge in [-0.25, -0.2) is 4.98 Å². The highest BCUT2D eigenvalue weighted by Crippen LogP contribution is 2.17. The van der Waals surface area contributed by atoms with E-state index < -0.39 is 0 Å². The Labute approximate surface area is 170 Å². The van der Waals surface area contributed by atoms with Crippen molar-refractivity contribution in [2.45, 2.75) is 13.0 Å². The number of amides is 1. The van der Waals surface area contributed by atoms with Gasteiger partial charge < -0.3 is 20.1 Å². The number of benzene rings is 2. The van der Waals surface area contributed by atoms with Gasteiger partial charge in [0.05, 0.1) is 14.2 Å². The smallest absolute Gasteiger partial charge is 0.251 e. The van der Waals surface area contributed by atoms with Crippen LogP contribution in [0.2, 0.25) is 0 Å². The van der Waals surface area contributed by atoms with Gasteiger partial charge in [0.25, 0.3) is 5.91 Å². The molecule has 0 radical (unpaired) electrons. The molecular formula is C23H25N3O3. The van der Waals surface area contributed by atoms with Gasteiger partial charge in [0.2, 0.25) is 0 Å². The molecule has 0 unspecified atom stereocenters. The molecule has 0 aliphatic carbocycles. The average Bonchev–Trinajstić information content (AvgIpc) is 2.78. The van der Waals surface area contributed by atoms with E-state index in [1.165, 1.54) is 5.56 Å². The first-order valence-electron chi connectivity index (χ1n) is 9.42. The fourth-order valence-corrected chi connectivity index (χ4v) is 2.96. The molecule has 1 aromatic heterocycles. The Morgan fingerprint density at radius 1 is 1.00 bits per heavy atom. The summed E-state index contributed by atoms with van der Waals surface area (Å²) in [6, 6.07) is 19.0. The van der Waals surface area contributed by atoms with Crippen LogP contribution in [0.25, 0.3) is 0 Å². The molecule has 0 fully saturated rings. The van der Waals surface area contributed by atoms with Crippen molar-refractivity contribution in [3.63, 3.8) is 0 Å². The number of rotatable bonds is 9. The molecule has 3 aromatic rings. The SMILES string of the molecule is COc1cccc(CCNc2cc(C(=O)NCc3ccccc3OC)ccn2)c1. The standard InChI is InChI=1S/C23H25N3O3/c1-28-20-8-5-6-17(14-20)10-12-24-22-15-18(11-13-25-22)23(27)26-16-19-7-3-4-9-21(19)29-2/h3-9,11,13-15H,10,12,16H2,1-2H3,(H,24,25)(H,26,27). The Bertz CT molecular complexity index is 959. The monoisotopic (exact) mass is 391 g/mol. The normalized spacial score (nSPS) is 10.3. The Morgan fingerprint density at radius 3 is 2.69 bits per heavy atom. The number of pyridine rings is 1. The van der Waals surface area contributed by atoms with Crippen LogP contribution in [0.1, 0.15) is 21.5 Å². The molecule has 1 heterocycles. The van der Waals surface area contributed by atoms with Crippen LogP contribution in [-0.4, -0.2) is 31.7 Å². The third-order valence-electron chi connectivity index (χ3n) is 4.51. The quantitative estimate of drug-likeness (QED) is 0.582. The van der Waals surface area contributed by atoms with E-state index in [1.807, 2.05) is 42.5 Å². The van der Waals surface area contributed by atoms with Gasteiger partial charge in [-0.2, -0.15) is 0 Å². The largest absolute Gasteiger partial charge is 0.497 e. The molecule has 0 aliphatic heterocycles. The minimum absolute atomic E-state index is 0.158. The van der Waals surface area contributed by atoms with Crippen LogP contribution in [0.15, 0.2) is 66.9 Å². The summed E-state index contributed by atoms with van der Waals surface area (Å²) in [6.07, 6.45) is 2.45. The lowest BCUT2D eigenvalue weighted by atomic mass is 10.1. The van der Waals surface area contributed by atoms with Crippen molar-refractivity contribution < 1.29 is 14.3 Å². The number of carbonyl (C=O) groups excluding carboxylic acids is 1. The van der Waals surface area contributed by atoms with Crippen LogP contribution in [0.5, 0.6) is 11.5 Å². The number of nitrogens with zero attached hydrogens (tertiary/aromatic N) is 1. The highest BCUT2D eigenvalue weighted by atomic mass is 16.5. The second kappa shape index (κ2) is 10.1. The van der Waals surface area contributed by atoms with E-state index in [-0.39, 0.29) is 5.91 Å². The minimum atomic E-state index is -0.158. The second-order valence-corrected chi connectivity index (χ2v) is 6.45. The van der Waals surface area contributed by atoms with E-state index in [1.54, 1.807) is 32.5 Å². The maximum atomic E-state index is 12.5. The molecule has 1 amide bonds. The summed E-state index contributed by atoms with van der Waals surface area (Å²) >= 11 is 0. The number of para-hydroxylation sites is 1. The van der Waals surface area contributed by atoms with Gasteiger partial charge in [-0.15, -0.1) is 0 Å². The summed E-state index contributed by atoms with van der Waals surface area (Å²) in [4.78, 5) is 16.8. The van der Waals surface area contributed by atoms with Crippen molar-refractivity contribution in [2.24, 2.45) is 0 Å². The Hall–Kier alpha value is -3.54. The van der Waals surface area contributed by atoms with Crippen LogP contribution in [-0.2, 0) is 13.0 Å². The number of methoxy groups -OCH3 is 2. The summed E-state index contributed by atoms with van der Waals surface area (Å²) in [6.45, 7) is 1.09. The first-order chi connectivity index (χ1) is 14.2. The molecule has 6 nitrogen and oxygen atoms in total. The third-order valence-corrected chi connectivity index (χ3v) is 4.51. The lowest BCUT2D eigenvalue weighted by Crippen LogP contribution is -2.23. The Morgan fingerprint density at radius 2 is 1.86 bits per heavy atom. The average molecular weight is 391 g/mol. The van der Waals surface area contributed by atoms with Crippen LogP contribution in [0, 0.1) is 0 Å². The van der Waals surface area contributed by atoms with Crippen molar-refractivity contribution in [1.29, 1.82) is 0 Å². The number of anilines is 1. The van der Waals surface area contributed by atoms with Gasteiger partial charge in [0, 0.05) is 30.4 Å². The highest BCUT2D eigenvalue weighted by Gasteiger charge is 2.09. The molecule has 0 spiro atoms. The van der Waals surface area contributed by atoms with E-state index >= 15 is 0 Å². The topological polar surface area (TPSA) is 72.5 Å². The van der Waals surface area contributed by atoms with Gasteiger partial charge in [-0.3, -0.25) is 4.79 Å². The number of hydrogen-bond acceptors (Lipinski definition) is 5. The van der Waals surface area contributed by atoms with Crippen LogP contribution < -0.4 is 20.1 Å².